The van der Waals surface area contributed by atoms with Gasteiger partial charge in [0.25, 0.3) is 0 Å². The van der Waals surface area contributed by atoms with Gasteiger partial charge in [-0.15, -0.1) is 0 Å². The van der Waals surface area contributed by atoms with E-state index in [-0.39, 0.29) is 0 Å². The molecule has 0 aromatic heterocycles. The molecule has 0 aliphatic rings. The molecule has 0 radical (unpaired) electrons. The van der Waals surface area contributed by atoms with E-state index in [0.717, 1.165) is 0 Å². The lowest BCUT2D eigenvalue weighted by Crippen LogP contribution is -2.59. The molecule has 15 heteroatoms. The van der Waals surface area contributed by atoms with Gasteiger partial charge in [0, 0.05) is 12.8 Å². The third-order valence-electron chi connectivity index (χ3n) is 4.18. The van der Waals surface area contributed by atoms with Crippen molar-refractivity contribution < 1.29 is 54.3 Å². The lowest BCUT2D eigenvalue weighted by molar-refractivity contribution is -0.144. The number of hydrogen-bond donors (Lipinski definition) is 9. The highest BCUT2D eigenvalue weighted by Crippen LogP contribution is 2.04. The summed E-state index contributed by atoms with van der Waals surface area (Å²) in [4.78, 5) is 69.5. The number of carbonyl (C=O) groups is 6. The van der Waals surface area contributed by atoms with Crippen LogP contribution in [-0.2, 0) is 28.8 Å². The average molecular weight is 464 g/mol. The number of aliphatic hydroxyl groups excluding tert-OH is 2. The monoisotopic (exact) mass is 464 g/mol. The van der Waals surface area contributed by atoms with Crippen molar-refractivity contribution in [2.24, 2.45) is 5.73 Å². The molecule has 32 heavy (non-hydrogen) atoms. The first kappa shape index (κ1) is 28.7. The van der Waals surface area contributed by atoms with Crippen LogP contribution in [0.1, 0.15) is 32.6 Å². The van der Waals surface area contributed by atoms with E-state index in [4.69, 9.17) is 21.1 Å². The fraction of sp³-hybridized carbons (Fsp3) is 0.647. The van der Waals surface area contributed by atoms with Gasteiger partial charge < -0.3 is 47.2 Å². The van der Waals surface area contributed by atoms with Gasteiger partial charge in [-0.2, -0.15) is 0 Å². The molecule has 0 saturated carbocycles. The predicted octanol–water partition coefficient (Wildman–Crippen LogP) is -4.04. The molecule has 0 saturated heterocycles. The molecule has 3 amide bonds. The van der Waals surface area contributed by atoms with Crippen LogP contribution in [0.15, 0.2) is 0 Å². The van der Waals surface area contributed by atoms with Crippen LogP contribution in [0.25, 0.3) is 0 Å². The van der Waals surface area contributed by atoms with E-state index in [9.17, 15) is 39.0 Å². The molecule has 0 aliphatic heterocycles. The van der Waals surface area contributed by atoms with Crippen molar-refractivity contribution in [2.45, 2.75) is 62.9 Å². The summed E-state index contributed by atoms with van der Waals surface area (Å²) in [7, 11) is 0. The van der Waals surface area contributed by atoms with E-state index >= 15 is 0 Å². The van der Waals surface area contributed by atoms with Crippen LogP contribution >= 0.6 is 0 Å². The lowest BCUT2D eigenvalue weighted by Gasteiger charge is -2.24. The Bertz CT molecular complexity index is 713. The Labute approximate surface area is 182 Å². The summed E-state index contributed by atoms with van der Waals surface area (Å²) in [6.07, 6.45) is -3.40. The number of aliphatic hydroxyl groups is 2. The Hall–Kier alpha value is -3.30. The summed E-state index contributed by atoms with van der Waals surface area (Å²) in [5.41, 5.74) is 5.42. The number of carboxylic acid groups (broad SMARTS) is 3. The van der Waals surface area contributed by atoms with Crippen LogP contribution in [0, 0.1) is 0 Å². The molecule has 0 aromatic carbocycles. The topological polar surface area (TPSA) is 266 Å². The molecule has 0 fully saturated rings. The second-order valence-corrected chi connectivity index (χ2v) is 6.84. The predicted molar refractivity (Wildman–Crippen MR) is 104 cm³/mol. The smallest absolute Gasteiger partial charge is 0.326 e. The maximum atomic E-state index is 12.4. The first-order valence-corrected chi connectivity index (χ1v) is 9.42. The zero-order valence-corrected chi connectivity index (χ0v) is 17.2. The van der Waals surface area contributed by atoms with Crippen LogP contribution in [0.5, 0.6) is 0 Å². The maximum absolute atomic E-state index is 12.4. The summed E-state index contributed by atoms with van der Waals surface area (Å²) in [5, 5.41) is 51.5. The summed E-state index contributed by atoms with van der Waals surface area (Å²) in [5.74, 6) is -7.38. The number of aliphatic carboxylic acids is 3. The first-order valence-electron chi connectivity index (χ1n) is 9.42. The Balaban J connectivity index is 5.37. The van der Waals surface area contributed by atoms with Crippen molar-refractivity contribution in [1.82, 2.24) is 16.0 Å². The SMILES string of the molecule is CC(O)C(N)C(=O)NC(CO)C(=O)NC(CCC(=O)O)C(=O)NC(CCC(=O)O)C(=O)O. The van der Waals surface area contributed by atoms with Crippen molar-refractivity contribution in [3.63, 3.8) is 0 Å². The molecule has 0 bridgehead atoms. The highest BCUT2D eigenvalue weighted by atomic mass is 16.4. The maximum Gasteiger partial charge on any atom is 0.326 e. The molecular formula is C17H28N4O11. The summed E-state index contributed by atoms with van der Waals surface area (Å²) < 4.78 is 0. The number of carboxylic acids is 3. The number of amides is 3. The van der Waals surface area contributed by atoms with Gasteiger partial charge in [-0.25, -0.2) is 4.79 Å². The number of nitrogens with two attached hydrogens (primary N) is 1. The zero-order chi connectivity index (χ0) is 25.0. The van der Waals surface area contributed by atoms with Gasteiger partial charge in [-0.3, -0.25) is 24.0 Å². The van der Waals surface area contributed by atoms with Gasteiger partial charge in [0.05, 0.1) is 12.7 Å². The van der Waals surface area contributed by atoms with Gasteiger partial charge in [0.15, 0.2) is 0 Å². The molecule has 0 aliphatic carbocycles. The second-order valence-electron chi connectivity index (χ2n) is 6.84. The third kappa shape index (κ3) is 10.6. The van der Waals surface area contributed by atoms with E-state index in [1.54, 1.807) is 0 Å². The zero-order valence-electron chi connectivity index (χ0n) is 17.2. The summed E-state index contributed by atoms with van der Waals surface area (Å²) in [6, 6.07) is -6.25. The van der Waals surface area contributed by atoms with E-state index in [2.05, 4.69) is 10.6 Å². The fourth-order valence-corrected chi connectivity index (χ4v) is 2.29. The van der Waals surface area contributed by atoms with Gasteiger partial charge in [-0.05, 0) is 19.8 Å². The first-order chi connectivity index (χ1) is 14.8. The quantitative estimate of drug-likeness (QED) is 0.112. The Morgan fingerprint density at radius 2 is 1.16 bits per heavy atom. The Kier molecular flexibility index (Phi) is 12.5. The van der Waals surface area contributed by atoms with Crippen LogP contribution < -0.4 is 21.7 Å². The van der Waals surface area contributed by atoms with Crippen molar-refractivity contribution in [2.75, 3.05) is 6.61 Å². The molecule has 10 N–H and O–H groups in total. The minimum Gasteiger partial charge on any atom is -0.481 e. The van der Waals surface area contributed by atoms with E-state index in [1.165, 1.54) is 6.92 Å². The summed E-state index contributed by atoms with van der Waals surface area (Å²) >= 11 is 0. The minimum absolute atomic E-state index is 0.470. The van der Waals surface area contributed by atoms with Crippen LogP contribution in [0.2, 0.25) is 0 Å². The second kappa shape index (κ2) is 13.9. The molecular weight excluding hydrogens is 436 g/mol. The van der Waals surface area contributed by atoms with E-state index in [1.807, 2.05) is 5.32 Å². The number of nitrogens with one attached hydrogen (secondary N) is 3. The molecule has 0 aromatic rings. The van der Waals surface area contributed by atoms with Crippen molar-refractivity contribution in [1.29, 1.82) is 0 Å². The van der Waals surface area contributed by atoms with E-state index in [0.29, 0.717) is 0 Å². The largest absolute Gasteiger partial charge is 0.481 e. The molecule has 0 spiro atoms. The molecule has 5 unspecified atom stereocenters. The van der Waals surface area contributed by atoms with Gasteiger partial charge >= 0.3 is 17.9 Å². The van der Waals surface area contributed by atoms with Gasteiger partial charge in [0.2, 0.25) is 17.7 Å². The Morgan fingerprint density at radius 1 is 0.750 bits per heavy atom. The molecule has 0 rings (SSSR count). The standard InChI is InChI=1S/C17H28N4O11/c1-7(23)13(18)16(30)21-10(6-22)15(29)19-8(2-4-11(24)25)14(28)20-9(17(31)32)3-5-12(26)27/h7-10,13,22-23H,2-6,18H2,1H3,(H,19,29)(H,20,28)(H,21,30)(H,24,25)(H,26,27)(H,31,32). The molecule has 182 valence electrons. The van der Waals surface area contributed by atoms with E-state index < -0.39 is 98.2 Å². The third-order valence-corrected chi connectivity index (χ3v) is 4.18. The van der Waals surface area contributed by atoms with Gasteiger partial charge in [0.1, 0.15) is 24.2 Å². The molecule has 15 nitrogen and oxygen atoms in total. The van der Waals surface area contributed by atoms with Crippen LogP contribution in [0.4, 0.5) is 0 Å². The minimum atomic E-state index is -1.62. The highest BCUT2D eigenvalue weighted by Gasteiger charge is 2.31. The molecule has 5 atom stereocenters. The van der Waals surface area contributed by atoms with Crippen molar-refractivity contribution in [3.05, 3.63) is 0 Å². The molecule has 0 heterocycles. The Morgan fingerprint density at radius 3 is 1.56 bits per heavy atom. The highest BCUT2D eigenvalue weighted by molar-refractivity contribution is 5.94. The fourth-order valence-electron chi connectivity index (χ4n) is 2.29. The lowest BCUT2D eigenvalue weighted by atomic mass is 10.1. The number of carbonyl (C=O) groups excluding carboxylic acids is 3. The van der Waals surface area contributed by atoms with Crippen LogP contribution in [-0.4, -0.2) is 98.0 Å². The van der Waals surface area contributed by atoms with Crippen LogP contribution in [0.3, 0.4) is 0 Å². The number of hydrogen-bond acceptors (Lipinski definition) is 9. The number of rotatable bonds is 15. The van der Waals surface area contributed by atoms with Crippen molar-refractivity contribution >= 4 is 35.6 Å². The summed E-state index contributed by atoms with van der Waals surface area (Å²) in [6.45, 7) is 0.279. The average Bonchev–Trinajstić information content (AvgIpc) is 2.70. The van der Waals surface area contributed by atoms with Gasteiger partial charge in [-0.1, -0.05) is 0 Å². The van der Waals surface area contributed by atoms with Crippen molar-refractivity contribution in [3.8, 4) is 0 Å². The normalized spacial score (nSPS) is 15.4.